The van der Waals surface area contributed by atoms with Gasteiger partial charge in [-0.25, -0.2) is 4.79 Å². The smallest absolute Gasteiger partial charge is 0.332 e. The molecule has 1 aliphatic rings. The summed E-state index contributed by atoms with van der Waals surface area (Å²) in [7, 11) is 1.55. The zero-order chi connectivity index (χ0) is 20.3. The molecule has 8 nitrogen and oxygen atoms in total. The molecule has 10 heteroatoms. The van der Waals surface area contributed by atoms with Gasteiger partial charge in [-0.15, -0.1) is 11.3 Å². The van der Waals surface area contributed by atoms with Gasteiger partial charge in [-0.3, -0.25) is 13.9 Å². The van der Waals surface area contributed by atoms with E-state index in [1.54, 1.807) is 11.7 Å². The van der Waals surface area contributed by atoms with Gasteiger partial charge in [0.2, 0.25) is 0 Å². The van der Waals surface area contributed by atoms with Crippen LogP contribution in [0.15, 0.2) is 9.59 Å². The quantitative estimate of drug-likeness (QED) is 0.472. The lowest BCUT2D eigenvalue weighted by atomic mass is 10.2. The third-order valence-corrected chi connectivity index (χ3v) is 6.56. The van der Waals surface area contributed by atoms with Gasteiger partial charge < -0.3 is 19.7 Å². The Labute approximate surface area is 172 Å². The van der Waals surface area contributed by atoms with Gasteiger partial charge in [0.15, 0.2) is 5.11 Å². The maximum Gasteiger partial charge on any atom is 0.332 e. The number of thiocarbonyl (C=S) groups is 1. The molecule has 154 valence electrons. The molecule has 0 unspecified atom stereocenters. The van der Waals surface area contributed by atoms with Crippen LogP contribution in [0.25, 0.3) is 10.2 Å². The van der Waals surface area contributed by atoms with E-state index in [1.165, 1.54) is 15.9 Å². The van der Waals surface area contributed by atoms with Crippen molar-refractivity contribution in [3.63, 3.8) is 0 Å². The molecule has 3 heterocycles. The number of nitrogens with one attached hydrogen (secondary N) is 1. The summed E-state index contributed by atoms with van der Waals surface area (Å²) in [5.74, 6) is 0. The number of hydrogen-bond acceptors (Lipinski definition) is 6. The van der Waals surface area contributed by atoms with Gasteiger partial charge in [0.1, 0.15) is 4.83 Å². The molecular weight excluding hydrogens is 400 g/mol. The lowest BCUT2D eigenvalue weighted by molar-refractivity contribution is 0.138. The molecule has 0 saturated carbocycles. The van der Waals surface area contributed by atoms with Crippen molar-refractivity contribution < 1.29 is 9.47 Å². The number of ether oxygens (including phenoxy) is 2. The highest BCUT2D eigenvalue weighted by Gasteiger charge is 2.23. The number of fused-ring (bicyclic) bond motifs is 1. The molecule has 2 aromatic heterocycles. The topological polar surface area (TPSA) is 77.7 Å². The van der Waals surface area contributed by atoms with Crippen LogP contribution in [0.5, 0.6) is 0 Å². The lowest BCUT2D eigenvalue weighted by Crippen LogP contribution is -2.41. The van der Waals surface area contributed by atoms with Crippen molar-refractivity contribution in [2.45, 2.75) is 33.5 Å². The molecule has 0 amide bonds. The van der Waals surface area contributed by atoms with Crippen LogP contribution >= 0.6 is 23.6 Å². The van der Waals surface area contributed by atoms with Gasteiger partial charge in [-0.05, 0) is 31.6 Å². The minimum absolute atomic E-state index is 0.226. The Morgan fingerprint density at radius 1 is 1.21 bits per heavy atom. The van der Waals surface area contributed by atoms with Gasteiger partial charge in [-0.2, -0.15) is 0 Å². The summed E-state index contributed by atoms with van der Waals surface area (Å²) < 4.78 is 13.5. The summed E-state index contributed by atoms with van der Waals surface area (Å²) in [4.78, 5) is 29.9. The summed E-state index contributed by atoms with van der Waals surface area (Å²) in [5.41, 5.74) is 0.336. The van der Waals surface area contributed by atoms with Crippen LogP contribution < -0.4 is 16.6 Å². The van der Waals surface area contributed by atoms with E-state index in [0.29, 0.717) is 43.1 Å². The molecule has 0 aliphatic carbocycles. The monoisotopic (exact) mass is 426 g/mol. The molecule has 2 aromatic rings. The van der Waals surface area contributed by atoms with E-state index in [2.05, 4.69) is 10.2 Å². The first kappa shape index (κ1) is 21.0. The number of thiophene rings is 1. The number of aromatic nitrogens is 2. The second-order valence-electron chi connectivity index (χ2n) is 6.56. The van der Waals surface area contributed by atoms with Crippen molar-refractivity contribution in [2.24, 2.45) is 0 Å². The first-order valence-corrected chi connectivity index (χ1v) is 10.6. The zero-order valence-electron chi connectivity index (χ0n) is 16.4. The number of methoxy groups -OCH3 is 1. The minimum Gasteiger partial charge on any atom is -0.383 e. The van der Waals surface area contributed by atoms with Gasteiger partial charge >= 0.3 is 5.69 Å². The molecule has 0 spiro atoms. The molecule has 28 heavy (non-hydrogen) atoms. The van der Waals surface area contributed by atoms with Gasteiger partial charge in [0.05, 0.1) is 38.2 Å². The highest BCUT2D eigenvalue weighted by molar-refractivity contribution is 7.80. The average molecular weight is 427 g/mol. The molecule has 1 N–H and O–H groups in total. The summed E-state index contributed by atoms with van der Waals surface area (Å²) in [6.45, 7) is 8.08. The molecule has 0 radical (unpaired) electrons. The van der Waals surface area contributed by atoms with Crippen molar-refractivity contribution >= 4 is 38.9 Å². The van der Waals surface area contributed by atoms with Crippen molar-refractivity contribution in [2.75, 3.05) is 40.0 Å². The van der Waals surface area contributed by atoms with Gasteiger partial charge in [0, 0.05) is 31.7 Å². The molecule has 0 atom stereocenters. The zero-order valence-corrected chi connectivity index (χ0v) is 18.1. The fourth-order valence-electron chi connectivity index (χ4n) is 3.30. The Kier molecular flexibility index (Phi) is 6.86. The van der Waals surface area contributed by atoms with Crippen LogP contribution in [0, 0.1) is 6.92 Å². The summed E-state index contributed by atoms with van der Waals surface area (Å²) in [6, 6.07) is 0. The van der Waals surface area contributed by atoms with Crippen molar-refractivity contribution in [1.82, 2.24) is 19.4 Å². The first-order chi connectivity index (χ1) is 13.5. The molecule has 0 bridgehead atoms. The van der Waals surface area contributed by atoms with Gasteiger partial charge in [-0.1, -0.05) is 0 Å². The third-order valence-electron chi connectivity index (χ3n) is 4.85. The summed E-state index contributed by atoms with van der Waals surface area (Å²) >= 11 is 6.84. The lowest BCUT2D eigenvalue weighted by Gasteiger charge is -2.15. The normalized spacial score (nSPS) is 14.2. The van der Waals surface area contributed by atoms with E-state index in [0.717, 1.165) is 28.6 Å². The maximum atomic E-state index is 13.1. The average Bonchev–Trinajstić information content (AvgIpc) is 3.22. The Bertz CT molecular complexity index is 979. The van der Waals surface area contributed by atoms with Crippen LogP contribution in [0.4, 0.5) is 0 Å². The number of rotatable bonds is 9. The SMILES string of the molecule is CCOCCn1c(=O)n(CCOC)c(=O)c2c(C)c(CN3CCNC3=S)sc21. The predicted octanol–water partition coefficient (Wildman–Crippen LogP) is 0.906. The molecule has 1 aliphatic heterocycles. The Morgan fingerprint density at radius 2 is 1.96 bits per heavy atom. The Hall–Kier alpha value is -1.75. The Balaban J connectivity index is 2.11. The van der Waals surface area contributed by atoms with E-state index in [-0.39, 0.29) is 17.8 Å². The second-order valence-corrected chi connectivity index (χ2v) is 8.03. The second kappa shape index (κ2) is 9.17. The Morgan fingerprint density at radius 3 is 2.61 bits per heavy atom. The van der Waals surface area contributed by atoms with Crippen molar-refractivity contribution in [3.8, 4) is 0 Å². The fraction of sp³-hybridized carbons (Fsp3) is 0.611. The van der Waals surface area contributed by atoms with Crippen molar-refractivity contribution in [3.05, 3.63) is 31.3 Å². The van der Waals surface area contributed by atoms with Crippen LogP contribution in [0.1, 0.15) is 17.4 Å². The van der Waals surface area contributed by atoms with Crippen LogP contribution in [-0.4, -0.2) is 59.2 Å². The summed E-state index contributed by atoms with van der Waals surface area (Å²) in [6.07, 6.45) is 0. The molecule has 3 rings (SSSR count). The van der Waals surface area contributed by atoms with Crippen LogP contribution in [0.2, 0.25) is 0 Å². The first-order valence-electron chi connectivity index (χ1n) is 9.34. The van der Waals surface area contributed by atoms with Gasteiger partial charge in [0.25, 0.3) is 5.56 Å². The van der Waals surface area contributed by atoms with E-state index in [4.69, 9.17) is 21.7 Å². The summed E-state index contributed by atoms with van der Waals surface area (Å²) in [5, 5.41) is 4.48. The van der Waals surface area contributed by atoms with E-state index < -0.39 is 0 Å². The highest BCUT2D eigenvalue weighted by Crippen LogP contribution is 2.29. The predicted molar refractivity (Wildman–Crippen MR) is 114 cm³/mol. The highest BCUT2D eigenvalue weighted by atomic mass is 32.1. The largest absolute Gasteiger partial charge is 0.383 e. The molecule has 1 saturated heterocycles. The fourth-order valence-corrected chi connectivity index (χ4v) is 4.89. The molecule has 1 fully saturated rings. The number of nitrogens with zero attached hydrogens (tertiary/aromatic N) is 3. The van der Waals surface area contributed by atoms with E-state index in [9.17, 15) is 9.59 Å². The maximum absolute atomic E-state index is 13.1. The van der Waals surface area contributed by atoms with E-state index in [1.807, 2.05) is 13.8 Å². The van der Waals surface area contributed by atoms with Crippen molar-refractivity contribution in [1.29, 1.82) is 0 Å². The molecule has 0 aromatic carbocycles. The third kappa shape index (κ3) is 4.00. The van der Waals surface area contributed by atoms with E-state index >= 15 is 0 Å². The standard InChI is InChI=1S/C18H26N4O4S2/c1-4-26-10-8-22-16-14(15(23)21(18(22)24)7-9-25-3)12(2)13(28-16)11-20-6-5-19-17(20)27/h4-11H2,1-3H3,(H,19,27). The van der Waals surface area contributed by atoms with Crippen LogP contribution in [0.3, 0.4) is 0 Å². The number of aryl methyl sites for hydroxylation is 1. The number of hydrogen-bond donors (Lipinski definition) is 1. The molecular formula is C18H26N4O4S2. The van der Waals surface area contributed by atoms with Crippen LogP contribution in [-0.2, 0) is 29.1 Å². The minimum atomic E-state index is -0.319.